The molecule has 0 aliphatic rings. The lowest BCUT2D eigenvalue weighted by molar-refractivity contribution is 0.0703. The molecule has 3 aromatic carbocycles. The minimum absolute atomic E-state index is 0.268. The minimum Gasteiger partial charge on any atom is -0.400 e. The van der Waals surface area contributed by atoms with E-state index in [0.717, 1.165) is 16.7 Å². The number of nitrogens with one attached hydrogen (secondary N) is 1. The second kappa shape index (κ2) is 8.32. The topological polar surface area (TPSA) is 52.5 Å². The lowest BCUT2D eigenvalue weighted by Gasteiger charge is -2.33. The summed E-state index contributed by atoms with van der Waals surface area (Å²) in [4.78, 5) is 0. The number of aliphatic hydroxyl groups is 2. The second-order valence-electron chi connectivity index (χ2n) is 6.60. The molecule has 132 valence electrons. The molecule has 3 N–H and O–H groups in total. The van der Waals surface area contributed by atoms with E-state index in [1.807, 2.05) is 91.0 Å². The van der Waals surface area contributed by atoms with Crippen LogP contribution in [0.15, 0.2) is 91.0 Å². The van der Waals surface area contributed by atoms with Gasteiger partial charge in [-0.15, -0.1) is 0 Å². The highest BCUT2D eigenvalue weighted by atomic mass is 16.3. The molecular formula is C22H24BNO2. The number of benzene rings is 3. The predicted molar refractivity (Wildman–Crippen MR) is 108 cm³/mol. The van der Waals surface area contributed by atoms with Gasteiger partial charge in [-0.2, -0.15) is 0 Å². The summed E-state index contributed by atoms with van der Waals surface area (Å²) in [5.74, 6) is 0. The fraction of sp³-hybridized carbons (Fsp3) is 0.182. The predicted octanol–water partition coefficient (Wildman–Crippen LogP) is 2.20. The Hall–Kier alpha value is -2.40. The van der Waals surface area contributed by atoms with E-state index in [1.54, 1.807) is 7.85 Å². The van der Waals surface area contributed by atoms with E-state index in [4.69, 9.17) is 0 Å². The van der Waals surface area contributed by atoms with Crippen LogP contribution in [0, 0.1) is 0 Å². The summed E-state index contributed by atoms with van der Waals surface area (Å²) in [7, 11) is 1.76. The van der Waals surface area contributed by atoms with Crippen LogP contribution in [0.25, 0.3) is 0 Å². The van der Waals surface area contributed by atoms with Crippen LogP contribution in [-0.2, 0) is 5.60 Å². The SMILES string of the molecule is BC(O)[C@H](NCC(O)(c1ccccc1)c1ccccc1)c1ccccc1. The maximum atomic E-state index is 11.6. The largest absolute Gasteiger partial charge is 0.400 e. The standard InChI is InChI=1S/C22H24BNO2/c23-21(25)20(17-10-4-1-5-11-17)24-16-22(26,18-12-6-2-7-13-18)19-14-8-3-9-15-19/h1-15,20-21,24-26H,16,23H2/t20-,21?/m1/s1. The second-order valence-corrected chi connectivity index (χ2v) is 6.60. The Bertz CT molecular complexity index is 755. The number of aliphatic hydroxyl groups excluding tert-OH is 1. The molecule has 0 aromatic heterocycles. The first kappa shape index (κ1) is 18.4. The normalized spacial score (nSPS) is 13.9. The zero-order valence-corrected chi connectivity index (χ0v) is 14.9. The fourth-order valence-electron chi connectivity index (χ4n) is 3.28. The van der Waals surface area contributed by atoms with Crippen molar-refractivity contribution in [3.63, 3.8) is 0 Å². The molecule has 0 aliphatic heterocycles. The van der Waals surface area contributed by atoms with Crippen LogP contribution in [0.2, 0.25) is 0 Å². The molecule has 0 aliphatic carbocycles. The first-order valence-corrected chi connectivity index (χ1v) is 8.91. The van der Waals surface area contributed by atoms with Gasteiger partial charge in [0.15, 0.2) is 0 Å². The van der Waals surface area contributed by atoms with Crippen LogP contribution in [0.4, 0.5) is 0 Å². The van der Waals surface area contributed by atoms with E-state index in [1.165, 1.54) is 0 Å². The molecule has 0 amide bonds. The molecule has 0 bridgehead atoms. The number of hydrogen-bond acceptors (Lipinski definition) is 3. The van der Waals surface area contributed by atoms with Gasteiger partial charge in [0.1, 0.15) is 13.4 Å². The van der Waals surface area contributed by atoms with Gasteiger partial charge in [0, 0.05) is 12.5 Å². The third kappa shape index (κ3) is 4.05. The first-order chi connectivity index (χ1) is 12.6. The molecule has 3 aromatic rings. The molecule has 0 saturated carbocycles. The van der Waals surface area contributed by atoms with Crippen LogP contribution in [0.3, 0.4) is 0 Å². The average Bonchev–Trinajstić information content (AvgIpc) is 2.70. The monoisotopic (exact) mass is 345 g/mol. The average molecular weight is 345 g/mol. The Morgan fingerprint density at radius 1 is 0.769 bits per heavy atom. The molecule has 0 radical (unpaired) electrons. The van der Waals surface area contributed by atoms with Gasteiger partial charge in [0.2, 0.25) is 0 Å². The molecular weight excluding hydrogens is 321 g/mol. The van der Waals surface area contributed by atoms with E-state index >= 15 is 0 Å². The number of rotatable bonds is 7. The molecule has 0 spiro atoms. The van der Waals surface area contributed by atoms with Crippen molar-refractivity contribution >= 4 is 7.85 Å². The van der Waals surface area contributed by atoms with Crippen molar-refractivity contribution in [1.29, 1.82) is 0 Å². The van der Waals surface area contributed by atoms with Gasteiger partial charge in [-0.05, 0) is 16.7 Å². The Morgan fingerprint density at radius 2 is 1.19 bits per heavy atom. The molecule has 3 rings (SSSR count). The van der Waals surface area contributed by atoms with Crippen LogP contribution in [0.1, 0.15) is 22.7 Å². The zero-order valence-electron chi connectivity index (χ0n) is 14.9. The van der Waals surface area contributed by atoms with Gasteiger partial charge >= 0.3 is 0 Å². The van der Waals surface area contributed by atoms with Crippen LogP contribution < -0.4 is 5.32 Å². The first-order valence-electron chi connectivity index (χ1n) is 8.91. The zero-order chi connectivity index (χ0) is 18.4. The summed E-state index contributed by atoms with van der Waals surface area (Å²) in [6, 6.07) is 28.2. The quantitative estimate of drug-likeness (QED) is 0.576. The van der Waals surface area contributed by atoms with E-state index in [0.29, 0.717) is 0 Å². The van der Waals surface area contributed by atoms with Gasteiger partial charge in [-0.3, -0.25) is 0 Å². The summed E-state index contributed by atoms with van der Waals surface area (Å²) in [6.45, 7) is 0.283. The van der Waals surface area contributed by atoms with Crippen LogP contribution >= 0.6 is 0 Å². The summed E-state index contributed by atoms with van der Waals surface area (Å²) in [5, 5.41) is 25.2. The van der Waals surface area contributed by atoms with Crippen LogP contribution in [0.5, 0.6) is 0 Å². The van der Waals surface area contributed by atoms with Crippen molar-refractivity contribution in [1.82, 2.24) is 5.32 Å². The summed E-state index contributed by atoms with van der Waals surface area (Å²) < 4.78 is 0. The minimum atomic E-state index is -1.19. The highest BCUT2D eigenvalue weighted by Crippen LogP contribution is 2.30. The highest BCUT2D eigenvalue weighted by Gasteiger charge is 2.32. The Morgan fingerprint density at radius 3 is 1.62 bits per heavy atom. The molecule has 0 fully saturated rings. The molecule has 1 unspecified atom stereocenters. The van der Waals surface area contributed by atoms with Gasteiger partial charge in [-0.25, -0.2) is 0 Å². The summed E-state index contributed by atoms with van der Waals surface area (Å²) >= 11 is 0. The van der Waals surface area contributed by atoms with Crippen molar-refractivity contribution in [2.45, 2.75) is 17.6 Å². The molecule has 0 heterocycles. The molecule has 26 heavy (non-hydrogen) atoms. The van der Waals surface area contributed by atoms with Gasteiger partial charge in [0.05, 0.1) is 6.04 Å². The molecule has 3 nitrogen and oxygen atoms in total. The lowest BCUT2D eigenvalue weighted by atomic mass is 9.84. The van der Waals surface area contributed by atoms with Crippen molar-refractivity contribution in [3.8, 4) is 0 Å². The Balaban J connectivity index is 1.91. The van der Waals surface area contributed by atoms with Crippen molar-refractivity contribution in [2.24, 2.45) is 0 Å². The third-order valence-corrected chi connectivity index (χ3v) is 4.72. The fourth-order valence-corrected chi connectivity index (χ4v) is 3.28. The summed E-state index contributed by atoms with van der Waals surface area (Å²) in [6.07, 6.45) is 0. The van der Waals surface area contributed by atoms with E-state index in [9.17, 15) is 10.2 Å². The lowest BCUT2D eigenvalue weighted by Crippen LogP contribution is -2.43. The Labute approximate surface area is 155 Å². The number of hydrogen-bond donors (Lipinski definition) is 3. The van der Waals surface area contributed by atoms with E-state index < -0.39 is 11.6 Å². The maximum Gasteiger partial charge on any atom is 0.141 e. The van der Waals surface area contributed by atoms with Crippen molar-refractivity contribution < 1.29 is 10.2 Å². The maximum absolute atomic E-state index is 11.6. The third-order valence-electron chi connectivity index (χ3n) is 4.72. The molecule has 4 heteroatoms. The summed E-state index contributed by atoms with van der Waals surface area (Å²) in [5.41, 5.74) is 1.43. The van der Waals surface area contributed by atoms with E-state index in [-0.39, 0.29) is 12.6 Å². The van der Waals surface area contributed by atoms with Crippen molar-refractivity contribution in [2.75, 3.05) is 6.54 Å². The molecule has 2 atom stereocenters. The van der Waals surface area contributed by atoms with E-state index in [2.05, 4.69) is 5.32 Å². The van der Waals surface area contributed by atoms with Crippen molar-refractivity contribution in [3.05, 3.63) is 108 Å². The highest BCUT2D eigenvalue weighted by molar-refractivity contribution is 6.11. The van der Waals surface area contributed by atoms with Crippen LogP contribution in [-0.4, -0.2) is 30.6 Å². The van der Waals surface area contributed by atoms with Gasteiger partial charge in [0.25, 0.3) is 0 Å². The molecule has 0 saturated heterocycles. The van der Waals surface area contributed by atoms with Gasteiger partial charge < -0.3 is 15.5 Å². The van der Waals surface area contributed by atoms with Gasteiger partial charge in [-0.1, -0.05) is 91.0 Å². The smallest absolute Gasteiger partial charge is 0.141 e. The Kier molecular flexibility index (Phi) is 5.89.